The first-order valence-electron chi connectivity index (χ1n) is 6.13. The van der Waals surface area contributed by atoms with Gasteiger partial charge in [-0.05, 0) is 37.6 Å². The molecule has 1 N–H and O–H groups in total. The van der Waals surface area contributed by atoms with Crippen LogP contribution in [0.15, 0.2) is 18.2 Å². The summed E-state index contributed by atoms with van der Waals surface area (Å²) < 4.78 is 0. The zero-order valence-corrected chi connectivity index (χ0v) is 11.8. The van der Waals surface area contributed by atoms with Crippen molar-refractivity contribution in [3.05, 3.63) is 28.2 Å². The van der Waals surface area contributed by atoms with Crippen molar-refractivity contribution >= 4 is 34.8 Å². The lowest BCUT2D eigenvalue weighted by Gasteiger charge is -2.18. The van der Waals surface area contributed by atoms with E-state index in [1.807, 2.05) is 0 Å². The molecule has 1 fully saturated rings. The number of hydrogen-bond donors (Lipinski definition) is 1. The minimum atomic E-state index is -0.0864. The minimum Gasteiger partial charge on any atom is -0.310 e. The Hall–Kier alpha value is -0.770. The van der Waals surface area contributed by atoms with Gasteiger partial charge in [-0.25, -0.2) is 0 Å². The van der Waals surface area contributed by atoms with Gasteiger partial charge in [0, 0.05) is 11.6 Å². The molecule has 1 heterocycles. The molecule has 0 aliphatic carbocycles. The van der Waals surface area contributed by atoms with Gasteiger partial charge >= 0.3 is 0 Å². The van der Waals surface area contributed by atoms with E-state index in [9.17, 15) is 4.79 Å². The maximum Gasteiger partial charge on any atom is 0.244 e. The monoisotopic (exact) mass is 286 g/mol. The molecule has 1 unspecified atom stereocenters. The van der Waals surface area contributed by atoms with Crippen LogP contribution in [0, 0.1) is 0 Å². The molecule has 1 atom stereocenters. The van der Waals surface area contributed by atoms with E-state index in [1.54, 1.807) is 23.1 Å². The molecule has 0 saturated carbocycles. The number of carbonyl (C=O) groups excluding carboxylic acids is 1. The highest BCUT2D eigenvalue weighted by Crippen LogP contribution is 2.31. The van der Waals surface area contributed by atoms with Crippen LogP contribution in [-0.2, 0) is 4.79 Å². The third-order valence-electron chi connectivity index (χ3n) is 3.05. The van der Waals surface area contributed by atoms with Crippen molar-refractivity contribution in [1.82, 2.24) is 5.32 Å². The number of nitrogens with zero attached hydrogens (tertiary/aromatic N) is 1. The Balaban J connectivity index is 2.13. The van der Waals surface area contributed by atoms with Gasteiger partial charge in [0.05, 0.1) is 16.8 Å². The summed E-state index contributed by atoms with van der Waals surface area (Å²) in [4.78, 5) is 13.9. The number of nitrogens with one attached hydrogen (secondary N) is 1. The summed E-state index contributed by atoms with van der Waals surface area (Å²) >= 11 is 12.0. The largest absolute Gasteiger partial charge is 0.310 e. The number of halogens is 2. The van der Waals surface area contributed by atoms with Crippen LogP contribution in [0.3, 0.4) is 0 Å². The summed E-state index contributed by atoms with van der Waals surface area (Å²) in [6, 6.07) is 5.13. The first kappa shape index (κ1) is 13.7. The van der Waals surface area contributed by atoms with E-state index in [-0.39, 0.29) is 11.9 Å². The molecule has 1 aliphatic rings. The fourth-order valence-corrected chi connectivity index (χ4v) is 2.64. The van der Waals surface area contributed by atoms with E-state index in [1.165, 1.54) is 0 Å². The Kier molecular flexibility index (Phi) is 4.49. The van der Waals surface area contributed by atoms with Crippen molar-refractivity contribution in [2.75, 3.05) is 18.0 Å². The van der Waals surface area contributed by atoms with E-state index < -0.39 is 0 Å². The van der Waals surface area contributed by atoms with Gasteiger partial charge in [0.2, 0.25) is 5.91 Å². The van der Waals surface area contributed by atoms with Crippen LogP contribution in [0.1, 0.15) is 19.8 Å². The second-order valence-electron chi connectivity index (χ2n) is 4.38. The molecule has 98 valence electrons. The predicted octanol–water partition coefficient (Wildman–Crippen LogP) is 3.10. The number of amides is 1. The van der Waals surface area contributed by atoms with E-state index in [0.717, 1.165) is 25.1 Å². The smallest absolute Gasteiger partial charge is 0.244 e. The molecule has 0 aromatic heterocycles. The van der Waals surface area contributed by atoms with E-state index in [2.05, 4.69) is 12.2 Å². The Labute approximate surface area is 117 Å². The van der Waals surface area contributed by atoms with Gasteiger partial charge in [0.15, 0.2) is 0 Å². The molecular weight excluding hydrogens is 271 g/mol. The molecule has 2 rings (SSSR count). The van der Waals surface area contributed by atoms with Crippen molar-refractivity contribution < 1.29 is 4.79 Å². The molecule has 5 heteroatoms. The maximum absolute atomic E-state index is 12.2. The Morgan fingerprint density at radius 3 is 2.89 bits per heavy atom. The molecule has 1 amide bonds. The van der Waals surface area contributed by atoms with E-state index >= 15 is 0 Å². The second kappa shape index (κ2) is 5.91. The average Bonchev–Trinajstić information content (AvgIpc) is 2.68. The van der Waals surface area contributed by atoms with E-state index in [0.29, 0.717) is 16.6 Å². The van der Waals surface area contributed by atoms with Gasteiger partial charge in [-0.2, -0.15) is 0 Å². The lowest BCUT2D eigenvalue weighted by Crippen LogP contribution is -2.38. The summed E-state index contributed by atoms with van der Waals surface area (Å²) in [5.74, 6) is 0.0904. The Morgan fingerprint density at radius 2 is 2.22 bits per heavy atom. The molecule has 0 radical (unpaired) electrons. The molecule has 1 aromatic rings. The van der Waals surface area contributed by atoms with Crippen molar-refractivity contribution in [3.63, 3.8) is 0 Å². The number of benzene rings is 1. The molecule has 1 aliphatic heterocycles. The molecule has 0 bridgehead atoms. The van der Waals surface area contributed by atoms with Gasteiger partial charge in [-0.1, -0.05) is 30.1 Å². The first-order chi connectivity index (χ1) is 8.63. The minimum absolute atomic E-state index is 0.0864. The summed E-state index contributed by atoms with van der Waals surface area (Å²) in [5, 5.41) is 4.35. The number of anilines is 1. The van der Waals surface area contributed by atoms with Gasteiger partial charge < -0.3 is 10.2 Å². The zero-order chi connectivity index (χ0) is 13.1. The lowest BCUT2D eigenvalue weighted by atomic mass is 10.2. The van der Waals surface area contributed by atoms with E-state index in [4.69, 9.17) is 23.2 Å². The van der Waals surface area contributed by atoms with Crippen LogP contribution in [0.25, 0.3) is 0 Å². The van der Waals surface area contributed by atoms with Crippen molar-refractivity contribution in [2.24, 2.45) is 0 Å². The van der Waals surface area contributed by atoms with Crippen molar-refractivity contribution in [1.29, 1.82) is 0 Å². The van der Waals surface area contributed by atoms with Gasteiger partial charge in [0.1, 0.15) is 0 Å². The van der Waals surface area contributed by atoms with Crippen LogP contribution >= 0.6 is 23.2 Å². The summed E-state index contributed by atoms with van der Waals surface area (Å²) in [5.41, 5.74) is 0.742. The predicted molar refractivity (Wildman–Crippen MR) is 75.5 cm³/mol. The standard InChI is InChI=1S/C13H16Cl2N2O/c1-2-6-16-11-5-7-17(13(11)18)12-4-3-9(14)8-10(12)15/h3-4,8,11,16H,2,5-7H2,1H3. The van der Waals surface area contributed by atoms with Gasteiger partial charge in [-0.15, -0.1) is 0 Å². The summed E-state index contributed by atoms with van der Waals surface area (Å²) in [7, 11) is 0. The van der Waals surface area contributed by atoms with Crippen LogP contribution in [-0.4, -0.2) is 25.0 Å². The Bertz CT molecular complexity index is 451. The summed E-state index contributed by atoms with van der Waals surface area (Å²) in [6.07, 6.45) is 1.84. The quantitative estimate of drug-likeness (QED) is 0.923. The average molecular weight is 287 g/mol. The summed E-state index contributed by atoms with van der Waals surface area (Å²) in [6.45, 7) is 3.64. The van der Waals surface area contributed by atoms with Gasteiger partial charge in [0.25, 0.3) is 0 Å². The highest BCUT2D eigenvalue weighted by Gasteiger charge is 2.32. The zero-order valence-electron chi connectivity index (χ0n) is 10.2. The first-order valence-corrected chi connectivity index (χ1v) is 6.89. The number of hydrogen-bond acceptors (Lipinski definition) is 2. The maximum atomic E-state index is 12.2. The molecule has 0 spiro atoms. The number of rotatable bonds is 4. The van der Waals surface area contributed by atoms with Gasteiger partial charge in [-0.3, -0.25) is 4.79 Å². The lowest BCUT2D eigenvalue weighted by molar-refractivity contribution is -0.118. The molecule has 3 nitrogen and oxygen atoms in total. The van der Waals surface area contributed by atoms with Crippen LogP contribution < -0.4 is 10.2 Å². The SMILES string of the molecule is CCCNC1CCN(c2ccc(Cl)cc2Cl)C1=O. The molecular formula is C13H16Cl2N2O. The molecule has 1 aromatic carbocycles. The normalized spacial score (nSPS) is 19.6. The third kappa shape index (κ3) is 2.79. The highest BCUT2D eigenvalue weighted by molar-refractivity contribution is 6.36. The second-order valence-corrected chi connectivity index (χ2v) is 5.22. The topological polar surface area (TPSA) is 32.3 Å². The molecule has 1 saturated heterocycles. The van der Waals surface area contributed by atoms with Crippen molar-refractivity contribution in [2.45, 2.75) is 25.8 Å². The molecule has 18 heavy (non-hydrogen) atoms. The fraction of sp³-hybridized carbons (Fsp3) is 0.462. The highest BCUT2D eigenvalue weighted by atomic mass is 35.5. The van der Waals surface area contributed by atoms with Crippen LogP contribution in [0.5, 0.6) is 0 Å². The van der Waals surface area contributed by atoms with Crippen LogP contribution in [0.4, 0.5) is 5.69 Å². The number of carbonyl (C=O) groups is 1. The van der Waals surface area contributed by atoms with Crippen LogP contribution in [0.2, 0.25) is 10.0 Å². The third-order valence-corrected chi connectivity index (χ3v) is 3.58. The fourth-order valence-electron chi connectivity index (χ4n) is 2.13. The Morgan fingerprint density at radius 1 is 1.44 bits per heavy atom. The van der Waals surface area contributed by atoms with Crippen molar-refractivity contribution in [3.8, 4) is 0 Å².